The van der Waals surface area contributed by atoms with E-state index in [1.807, 2.05) is 30.4 Å². The van der Waals surface area contributed by atoms with Gasteiger partial charge in [-0.1, -0.05) is 0 Å². The predicted octanol–water partition coefficient (Wildman–Crippen LogP) is 1.18. The number of carboxylic acid groups (broad SMARTS) is 1. The molecule has 2 atom stereocenters. The average Bonchev–Trinajstić information content (AvgIpc) is 3.23. The molecule has 10 nitrogen and oxygen atoms in total. The van der Waals surface area contributed by atoms with Crippen molar-refractivity contribution < 1.29 is 9.90 Å². The maximum atomic E-state index is 11.4. The molecule has 10 heteroatoms. The molecule has 0 aliphatic carbocycles. The van der Waals surface area contributed by atoms with Crippen molar-refractivity contribution in [1.82, 2.24) is 34.4 Å². The van der Waals surface area contributed by atoms with Crippen molar-refractivity contribution in [2.75, 3.05) is 18.9 Å². The molecule has 1 aliphatic heterocycles. The molecule has 0 bridgehead atoms. The zero-order valence-corrected chi connectivity index (χ0v) is 16.0. The van der Waals surface area contributed by atoms with Crippen LogP contribution in [0.5, 0.6) is 0 Å². The van der Waals surface area contributed by atoms with Crippen LogP contribution in [0.25, 0.3) is 22.6 Å². The highest BCUT2D eigenvalue weighted by Crippen LogP contribution is 2.28. The Morgan fingerprint density at radius 1 is 1.29 bits per heavy atom. The van der Waals surface area contributed by atoms with E-state index >= 15 is 0 Å². The van der Waals surface area contributed by atoms with Crippen LogP contribution >= 0.6 is 0 Å². The maximum Gasteiger partial charge on any atom is 0.320 e. The van der Waals surface area contributed by atoms with Gasteiger partial charge in [-0.3, -0.25) is 9.69 Å². The van der Waals surface area contributed by atoms with Crippen LogP contribution in [0.3, 0.4) is 0 Å². The number of rotatable bonds is 5. The van der Waals surface area contributed by atoms with Crippen molar-refractivity contribution >= 4 is 23.0 Å². The largest absolute Gasteiger partial charge is 0.480 e. The Balaban J connectivity index is 1.71. The molecule has 1 aliphatic rings. The molecule has 146 valence electrons. The lowest BCUT2D eigenvalue weighted by Crippen LogP contribution is -2.32. The summed E-state index contributed by atoms with van der Waals surface area (Å²) in [5.41, 5.74) is 2.18. The quantitative estimate of drug-likeness (QED) is 0.670. The summed E-state index contributed by atoms with van der Waals surface area (Å²) in [7, 11) is 1.82. The second-order valence-electron chi connectivity index (χ2n) is 6.96. The summed E-state index contributed by atoms with van der Waals surface area (Å²) in [6.45, 7) is 5.17. The molecule has 28 heavy (non-hydrogen) atoms. The fourth-order valence-electron chi connectivity index (χ4n) is 3.66. The molecule has 4 rings (SSSR count). The first-order chi connectivity index (χ1) is 13.5. The summed E-state index contributed by atoms with van der Waals surface area (Å²) < 4.78 is 2.00. The van der Waals surface area contributed by atoms with Gasteiger partial charge < -0.3 is 15.0 Å². The molecule has 1 fully saturated rings. The van der Waals surface area contributed by atoms with Gasteiger partial charge in [0, 0.05) is 31.5 Å². The molecular formula is C18H22N8O2. The normalized spacial score (nSPS) is 20.0. The van der Waals surface area contributed by atoms with Crippen LogP contribution in [-0.2, 0) is 11.3 Å². The maximum absolute atomic E-state index is 11.4. The van der Waals surface area contributed by atoms with E-state index in [1.165, 1.54) is 6.33 Å². The SMILES string of the molecule is CCn1c(-c2cnc(C)nc2)nc2c(NC3CC(C(=O)O)N(C)C3)ncnc21. The lowest BCUT2D eigenvalue weighted by Gasteiger charge is -2.13. The molecule has 0 aromatic carbocycles. The molecule has 0 radical (unpaired) electrons. The highest BCUT2D eigenvalue weighted by molar-refractivity contribution is 5.86. The van der Waals surface area contributed by atoms with Crippen LogP contribution in [0.4, 0.5) is 5.82 Å². The zero-order valence-electron chi connectivity index (χ0n) is 16.0. The Kier molecular flexibility index (Phi) is 4.63. The van der Waals surface area contributed by atoms with E-state index in [9.17, 15) is 9.90 Å². The van der Waals surface area contributed by atoms with Gasteiger partial charge in [0.2, 0.25) is 0 Å². The van der Waals surface area contributed by atoms with E-state index < -0.39 is 12.0 Å². The van der Waals surface area contributed by atoms with E-state index in [1.54, 1.807) is 12.4 Å². The standard InChI is InChI=1S/C18H22N8O2/c1-4-26-16(11-6-19-10(2)20-7-11)24-14-15(21-9-22-17(14)26)23-12-5-13(18(27)28)25(3)8-12/h6-7,9,12-13H,4-5,8H2,1-3H3,(H,27,28)(H,21,22,23). The van der Waals surface area contributed by atoms with Crippen LogP contribution in [0.2, 0.25) is 0 Å². The van der Waals surface area contributed by atoms with Crippen molar-refractivity contribution in [3.8, 4) is 11.4 Å². The summed E-state index contributed by atoms with van der Waals surface area (Å²) >= 11 is 0. The molecule has 2 N–H and O–H groups in total. The van der Waals surface area contributed by atoms with Gasteiger partial charge in [0.15, 0.2) is 17.0 Å². The number of carboxylic acids is 1. The summed E-state index contributed by atoms with van der Waals surface area (Å²) in [5.74, 6) is 1.23. The van der Waals surface area contributed by atoms with E-state index in [0.717, 1.165) is 17.0 Å². The Morgan fingerprint density at radius 3 is 2.68 bits per heavy atom. The van der Waals surface area contributed by atoms with Crippen molar-refractivity contribution in [3.05, 3.63) is 24.5 Å². The second kappa shape index (κ2) is 7.12. The minimum absolute atomic E-state index is 0.0258. The van der Waals surface area contributed by atoms with Crippen molar-refractivity contribution in [2.24, 2.45) is 0 Å². The van der Waals surface area contributed by atoms with Gasteiger partial charge in [-0.2, -0.15) is 0 Å². The number of fused-ring (bicyclic) bond motifs is 1. The number of aryl methyl sites for hydroxylation is 2. The van der Waals surface area contributed by atoms with E-state index in [4.69, 9.17) is 4.98 Å². The van der Waals surface area contributed by atoms with E-state index in [2.05, 4.69) is 25.3 Å². The number of anilines is 1. The van der Waals surface area contributed by atoms with Crippen LogP contribution in [0, 0.1) is 6.92 Å². The van der Waals surface area contributed by atoms with Gasteiger partial charge in [-0.15, -0.1) is 0 Å². The molecule has 2 unspecified atom stereocenters. The van der Waals surface area contributed by atoms with Gasteiger partial charge in [-0.05, 0) is 27.3 Å². The molecule has 0 amide bonds. The Labute approximate surface area is 161 Å². The summed E-state index contributed by atoms with van der Waals surface area (Å²) in [4.78, 5) is 35.3. The van der Waals surface area contributed by atoms with Gasteiger partial charge in [0.25, 0.3) is 0 Å². The summed E-state index contributed by atoms with van der Waals surface area (Å²) in [5, 5.41) is 12.7. The van der Waals surface area contributed by atoms with Crippen molar-refractivity contribution in [1.29, 1.82) is 0 Å². The molecule has 1 saturated heterocycles. The minimum Gasteiger partial charge on any atom is -0.480 e. The molecular weight excluding hydrogens is 360 g/mol. The van der Waals surface area contributed by atoms with Gasteiger partial charge in [0.05, 0.1) is 5.56 Å². The molecule has 4 heterocycles. The predicted molar refractivity (Wildman–Crippen MR) is 103 cm³/mol. The van der Waals surface area contributed by atoms with Gasteiger partial charge >= 0.3 is 5.97 Å². The number of aromatic nitrogens is 6. The third-order valence-electron chi connectivity index (χ3n) is 5.06. The molecule has 3 aromatic heterocycles. The lowest BCUT2D eigenvalue weighted by atomic mass is 10.2. The highest BCUT2D eigenvalue weighted by atomic mass is 16.4. The second-order valence-corrected chi connectivity index (χ2v) is 6.96. The average molecular weight is 382 g/mol. The van der Waals surface area contributed by atoms with Crippen LogP contribution in [0.1, 0.15) is 19.2 Å². The topological polar surface area (TPSA) is 122 Å². The fraction of sp³-hybridized carbons (Fsp3) is 0.444. The summed E-state index contributed by atoms with van der Waals surface area (Å²) in [6, 6.07) is -0.523. The first-order valence-corrected chi connectivity index (χ1v) is 9.17. The number of imidazole rings is 1. The Morgan fingerprint density at radius 2 is 2.04 bits per heavy atom. The highest BCUT2D eigenvalue weighted by Gasteiger charge is 2.35. The number of likely N-dealkylation sites (N-methyl/N-ethyl adjacent to an activating group) is 1. The number of likely N-dealkylation sites (tertiary alicyclic amines) is 1. The molecule has 0 spiro atoms. The fourth-order valence-corrected chi connectivity index (χ4v) is 3.66. The third-order valence-corrected chi connectivity index (χ3v) is 5.06. The number of carbonyl (C=O) groups is 1. The smallest absolute Gasteiger partial charge is 0.320 e. The van der Waals surface area contributed by atoms with Gasteiger partial charge in [0.1, 0.15) is 24.0 Å². The van der Waals surface area contributed by atoms with E-state index in [0.29, 0.717) is 36.7 Å². The number of hydrogen-bond donors (Lipinski definition) is 2. The molecule has 3 aromatic rings. The third kappa shape index (κ3) is 3.15. The number of hydrogen-bond acceptors (Lipinski definition) is 8. The zero-order chi connectivity index (χ0) is 19.8. The van der Waals surface area contributed by atoms with Crippen LogP contribution < -0.4 is 5.32 Å². The van der Waals surface area contributed by atoms with Gasteiger partial charge in [-0.25, -0.2) is 24.9 Å². The minimum atomic E-state index is -0.809. The number of nitrogens with one attached hydrogen (secondary N) is 1. The number of aliphatic carboxylic acids is 1. The number of nitrogens with zero attached hydrogens (tertiary/aromatic N) is 7. The van der Waals surface area contributed by atoms with Crippen molar-refractivity contribution in [3.63, 3.8) is 0 Å². The summed E-state index contributed by atoms with van der Waals surface area (Å²) in [6.07, 6.45) is 5.50. The van der Waals surface area contributed by atoms with Crippen molar-refractivity contribution in [2.45, 2.75) is 38.9 Å². The molecule has 0 saturated carbocycles. The first kappa shape index (κ1) is 18.2. The van der Waals surface area contributed by atoms with E-state index in [-0.39, 0.29) is 6.04 Å². The first-order valence-electron chi connectivity index (χ1n) is 9.17. The lowest BCUT2D eigenvalue weighted by molar-refractivity contribution is -0.141. The Hall–Kier alpha value is -3.14. The van der Waals surface area contributed by atoms with Crippen LogP contribution in [-0.4, -0.2) is 71.1 Å². The Bertz CT molecular complexity index is 1020. The van der Waals surface area contributed by atoms with Crippen LogP contribution in [0.15, 0.2) is 18.7 Å². The monoisotopic (exact) mass is 382 g/mol.